The van der Waals surface area contributed by atoms with E-state index in [1.54, 1.807) is 22.6 Å². The maximum absolute atomic E-state index is 12.5. The van der Waals surface area contributed by atoms with E-state index in [1.807, 2.05) is 0 Å². The molecule has 1 aromatic rings. The quantitative estimate of drug-likeness (QED) is 0.484. The lowest BCUT2D eigenvalue weighted by Gasteiger charge is -2.07. The SMILES string of the molecule is O=Cc1cc(C(F)F)c(I)c(CCl)n1. The van der Waals surface area contributed by atoms with Crippen LogP contribution in [-0.2, 0) is 5.88 Å². The number of aldehydes is 1. The zero-order valence-corrected chi connectivity index (χ0v) is 9.72. The number of carbonyl (C=O) groups is 1. The molecule has 6 heteroatoms. The Hall–Kier alpha value is -0.300. The van der Waals surface area contributed by atoms with E-state index in [4.69, 9.17) is 11.6 Å². The van der Waals surface area contributed by atoms with Gasteiger partial charge in [-0.3, -0.25) is 4.79 Å². The molecular weight excluding hydrogens is 326 g/mol. The Morgan fingerprint density at radius 3 is 2.71 bits per heavy atom. The van der Waals surface area contributed by atoms with Crippen molar-refractivity contribution in [3.8, 4) is 0 Å². The minimum Gasteiger partial charge on any atom is -0.296 e. The third kappa shape index (κ3) is 2.38. The van der Waals surface area contributed by atoms with Crippen molar-refractivity contribution in [2.45, 2.75) is 12.3 Å². The third-order valence-corrected chi connectivity index (χ3v) is 3.06. The number of carbonyl (C=O) groups excluding carboxylic acids is 1. The smallest absolute Gasteiger partial charge is 0.265 e. The van der Waals surface area contributed by atoms with Crippen LogP contribution in [0.4, 0.5) is 8.78 Å². The normalized spacial score (nSPS) is 10.6. The minimum absolute atomic E-state index is 0.0136. The van der Waals surface area contributed by atoms with Gasteiger partial charge in [0.2, 0.25) is 0 Å². The molecule has 0 N–H and O–H groups in total. The fourth-order valence-corrected chi connectivity index (χ4v) is 2.06. The van der Waals surface area contributed by atoms with Crippen LogP contribution in [0.3, 0.4) is 0 Å². The molecule has 14 heavy (non-hydrogen) atoms. The molecule has 0 aliphatic carbocycles. The number of pyridine rings is 1. The molecule has 0 fully saturated rings. The van der Waals surface area contributed by atoms with Crippen LogP contribution in [0.15, 0.2) is 6.07 Å². The van der Waals surface area contributed by atoms with E-state index in [0.29, 0.717) is 15.6 Å². The summed E-state index contributed by atoms with van der Waals surface area (Å²) in [6.07, 6.45) is -2.19. The molecule has 0 bridgehead atoms. The first-order valence-electron chi connectivity index (χ1n) is 3.58. The molecule has 1 heterocycles. The zero-order chi connectivity index (χ0) is 10.7. The summed E-state index contributed by atoms with van der Waals surface area (Å²) >= 11 is 7.26. The topological polar surface area (TPSA) is 30.0 Å². The van der Waals surface area contributed by atoms with Gasteiger partial charge >= 0.3 is 0 Å². The van der Waals surface area contributed by atoms with Crippen molar-refractivity contribution in [2.75, 3.05) is 0 Å². The first-order chi connectivity index (χ1) is 6.60. The summed E-state index contributed by atoms with van der Waals surface area (Å²) < 4.78 is 25.3. The summed E-state index contributed by atoms with van der Waals surface area (Å²) in [4.78, 5) is 14.2. The predicted molar refractivity (Wildman–Crippen MR) is 56.9 cm³/mol. The molecule has 2 nitrogen and oxygen atoms in total. The van der Waals surface area contributed by atoms with Crippen LogP contribution in [0.2, 0.25) is 0 Å². The first kappa shape index (κ1) is 11.8. The van der Waals surface area contributed by atoms with E-state index in [9.17, 15) is 13.6 Å². The van der Waals surface area contributed by atoms with Gasteiger partial charge in [0.1, 0.15) is 5.69 Å². The van der Waals surface area contributed by atoms with E-state index in [0.717, 1.165) is 6.07 Å². The van der Waals surface area contributed by atoms with Crippen LogP contribution in [0, 0.1) is 3.57 Å². The Balaban J connectivity index is 3.34. The largest absolute Gasteiger partial charge is 0.296 e. The lowest BCUT2D eigenvalue weighted by molar-refractivity contribution is 0.111. The zero-order valence-electron chi connectivity index (χ0n) is 6.81. The van der Waals surface area contributed by atoms with E-state index in [2.05, 4.69) is 4.98 Å². The van der Waals surface area contributed by atoms with Gasteiger partial charge in [0, 0.05) is 9.13 Å². The van der Waals surface area contributed by atoms with Crippen molar-refractivity contribution in [1.82, 2.24) is 4.98 Å². The van der Waals surface area contributed by atoms with E-state index in [-0.39, 0.29) is 17.1 Å². The molecule has 0 aliphatic rings. The van der Waals surface area contributed by atoms with Crippen molar-refractivity contribution < 1.29 is 13.6 Å². The molecule has 0 saturated heterocycles. The Bertz CT molecular complexity index is 359. The summed E-state index contributed by atoms with van der Waals surface area (Å²) in [5.41, 5.74) is 0.0990. The minimum atomic E-state index is -2.62. The number of alkyl halides is 3. The van der Waals surface area contributed by atoms with Gasteiger partial charge in [0.25, 0.3) is 6.43 Å². The summed E-state index contributed by atoms with van der Waals surface area (Å²) in [6.45, 7) is 0. The van der Waals surface area contributed by atoms with Crippen LogP contribution in [0.25, 0.3) is 0 Å². The second-order valence-electron chi connectivity index (χ2n) is 2.45. The van der Waals surface area contributed by atoms with Gasteiger partial charge in [-0.05, 0) is 28.7 Å². The summed E-state index contributed by atoms with van der Waals surface area (Å²) in [7, 11) is 0. The lowest BCUT2D eigenvalue weighted by atomic mass is 10.2. The molecule has 1 aromatic heterocycles. The maximum Gasteiger partial charge on any atom is 0.265 e. The molecule has 0 saturated carbocycles. The van der Waals surface area contributed by atoms with Crippen LogP contribution in [-0.4, -0.2) is 11.3 Å². The maximum atomic E-state index is 12.5. The highest BCUT2D eigenvalue weighted by Gasteiger charge is 2.16. The van der Waals surface area contributed by atoms with E-state index < -0.39 is 6.43 Å². The highest BCUT2D eigenvalue weighted by Crippen LogP contribution is 2.27. The van der Waals surface area contributed by atoms with Gasteiger partial charge in [-0.2, -0.15) is 0 Å². The molecule has 76 valence electrons. The van der Waals surface area contributed by atoms with Crippen LogP contribution >= 0.6 is 34.2 Å². The fourth-order valence-electron chi connectivity index (χ4n) is 0.934. The van der Waals surface area contributed by atoms with Crippen LogP contribution < -0.4 is 0 Å². The highest BCUT2D eigenvalue weighted by molar-refractivity contribution is 14.1. The number of halogens is 4. The lowest BCUT2D eigenvalue weighted by Crippen LogP contribution is -2.02. The Labute approximate surface area is 97.8 Å². The second kappa shape index (κ2) is 4.97. The average molecular weight is 331 g/mol. The Morgan fingerprint density at radius 2 is 2.29 bits per heavy atom. The van der Waals surface area contributed by atoms with E-state index in [1.165, 1.54) is 0 Å². The molecular formula is C8H5ClF2INO. The highest BCUT2D eigenvalue weighted by atomic mass is 127. The van der Waals surface area contributed by atoms with E-state index >= 15 is 0 Å². The monoisotopic (exact) mass is 331 g/mol. The standard InChI is InChI=1S/C8H5ClF2INO/c9-2-6-7(12)5(8(10)11)1-4(3-14)13-6/h1,3,8H,2H2. The first-order valence-corrected chi connectivity index (χ1v) is 5.20. The van der Waals surface area contributed by atoms with Crippen molar-refractivity contribution in [3.63, 3.8) is 0 Å². The third-order valence-electron chi connectivity index (χ3n) is 1.56. The summed E-state index contributed by atoms with van der Waals surface area (Å²) in [5.74, 6) is 0.0136. The Morgan fingerprint density at radius 1 is 1.64 bits per heavy atom. The van der Waals surface area contributed by atoms with Crippen LogP contribution in [0.5, 0.6) is 0 Å². The predicted octanol–water partition coefficient (Wildman–Crippen LogP) is 3.18. The van der Waals surface area contributed by atoms with Gasteiger partial charge < -0.3 is 0 Å². The van der Waals surface area contributed by atoms with Gasteiger partial charge in [-0.15, -0.1) is 11.6 Å². The molecule has 0 radical (unpaired) electrons. The van der Waals surface area contributed by atoms with Gasteiger partial charge in [-0.1, -0.05) is 0 Å². The number of aromatic nitrogens is 1. The number of nitrogens with zero attached hydrogens (tertiary/aromatic N) is 1. The van der Waals surface area contributed by atoms with Crippen LogP contribution in [0.1, 0.15) is 28.2 Å². The average Bonchev–Trinajstić information content (AvgIpc) is 2.17. The van der Waals surface area contributed by atoms with Crippen molar-refractivity contribution in [2.24, 2.45) is 0 Å². The van der Waals surface area contributed by atoms with Gasteiger partial charge in [0.05, 0.1) is 11.6 Å². The summed E-state index contributed by atoms with van der Waals surface area (Å²) in [5, 5.41) is 0. The number of hydrogen-bond acceptors (Lipinski definition) is 2. The molecule has 0 aliphatic heterocycles. The second-order valence-corrected chi connectivity index (χ2v) is 3.80. The van der Waals surface area contributed by atoms with Crippen molar-refractivity contribution in [1.29, 1.82) is 0 Å². The molecule has 0 unspecified atom stereocenters. The van der Waals surface area contributed by atoms with Crippen molar-refractivity contribution >= 4 is 40.5 Å². The molecule has 0 atom stereocenters. The summed E-state index contributed by atoms with van der Waals surface area (Å²) in [6, 6.07) is 1.08. The Kier molecular flexibility index (Phi) is 4.18. The van der Waals surface area contributed by atoms with Gasteiger partial charge in [-0.25, -0.2) is 13.8 Å². The fraction of sp³-hybridized carbons (Fsp3) is 0.250. The molecule has 1 rings (SSSR count). The molecule has 0 spiro atoms. The number of hydrogen-bond donors (Lipinski definition) is 0. The number of rotatable bonds is 3. The molecule has 0 aromatic carbocycles. The molecule has 0 amide bonds. The van der Waals surface area contributed by atoms with Crippen molar-refractivity contribution in [3.05, 3.63) is 26.6 Å². The van der Waals surface area contributed by atoms with Gasteiger partial charge in [0.15, 0.2) is 6.29 Å².